The molecule has 2 fully saturated rings. The Labute approximate surface area is 211 Å². The second kappa shape index (κ2) is 12.1. The molecule has 2 aliphatic heterocycles. The first kappa shape index (κ1) is 27.2. The molecule has 2 heterocycles. The van der Waals surface area contributed by atoms with Gasteiger partial charge < -0.3 is 15.1 Å². The highest BCUT2D eigenvalue weighted by atomic mass is 16.2. The molecule has 3 aliphatic rings. The van der Waals surface area contributed by atoms with E-state index in [0.29, 0.717) is 31.5 Å². The summed E-state index contributed by atoms with van der Waals surface area (Å²) in [6, 6.07) is -0.794. The van der Waals surface area contributed by atoms with Gasteiger partial charge in [0.05, 0.1) is 13.1 Å². The average molecular weight is 488 g/mol. The first-order chi connectivity index (χ1) is 16.7. The minimum atomic E-state index is -0.556. The molecule has 0 radical (unpaired) electrons. The van der Waals surface area contributed by atoms with E-state index in [-0.39, 0.29) is 30.3 Å². The zero-order valence-corrected chi connectivity index (χ0v) is 22.5. The van der Waals surface area contributed by atoms with Crippen LogP contribution in [0.5, 0.6) is 0 Å². The summed E-state index contributed by atoms with van der Waals surface area (Å²) >= 11 is 0. The van der Waals surface area contributed by atoms with Gasteiger partial charge in [0.2, 0.25) is 11.8 Å². The molecule has 8 nitrogen and oxygen atoms in total. The lowest BCUT2D eigenvalue weighted by Crippen LogP contribution is -2.76. The fourth-order valence-corrected chi connectivity index (χ4v) is 5.42. The number of carbonyl (C=O) groups is 3. The third-order valence-electron chi connectivity index (χ3n) is 7.57. The van der Waals surface area contributed by atoms with Gasteiger partial charge in [-0.3, -0.25) is 9.59 Å². The molecule has 0 aromatic carbocycles. The molecular formula is C27H45N5O3. The minimum Gasteiger partial charge on any atom is -0.337 e. The number of amides is 4. The molecule has 0 aromatic rings. The number of likely N-dealkylation sites (N-methyl/N-ethyl adjacent to an activating group) is 1. The van der Waals surface area contributed by atoms with Crippen molar-refractivity contribution in [2.45, 2.75) is 78.9 Å². The van der Waals surface area contributed by atoms with E-state index >= 15 is 0 Å². The molecule has 0 bridgehead atoms. The van der Waals surface area contributed by atoms with E-state index in [2.05, 4.69) is 44.3 Å². The third kappa shape index (κ3) is 6.26. The zero-order valence-electron chi connectivity index (χ0n) is 22.5. The molecule has 4 amide bonds. The molecule has 1 aliphatic carbocycles. The van der Waals surface area contributed by atoms with Gasteiger partial charge in [-0.2, -0.15) is 0 Å². The smallest absolute Gasteiger partial charge is 0.334 e. The van der Waals surface area contributed by atoms with Crippen LogP contribution in [0.4, 0.5) is 4.79 Å². The summed E-state index contributed by atoms with van der Waals surface area (Å²) in [6.07, 6.45) is 11.2. The van der Waals surface area contributed by atoms with E-state index in [1.54, 1.807) is 22.0 Å². The summed E-state index contributed by atoms with van der Waals surface area (Å²) in [6.45, 7) is 12.0. The van der Waals surface area contributed by atoms with Crippen LogP contribution in [0.1, 0.15) is 66.7 Å². The molecule has 0 aromatic heterocycles. The summed E-state index contributed by atoms with van der Waals surface area (Å²) in [4.78, 5) is 43.8. The number of piperazine rings is 1. The van der Waals surface area contributed by atoms with Crippen LogP contribution in [0.3, 0.4) is 0 Å². The van der Waals surface area contributed by atoms with Crippen LogP contribution >= 0.6 is 0 Å². The van der Waals surface area contributed by atoms with Gasteiger partial charge in [0.1, 0.15) is 12.2 Å². The Morgan fingerprint density at radius 2 is 1.97 bits per heavy atom. The molecule has 3 rings (SSSR count). The Bertz CT molecular complexity index is 839. The van der Waals surface area contributed by atoms with Crippen molar-refractivity contribution in [3.05, 3.63) is 23.8 Å². The van der Waals surface area contributed by atoms with E-state index in [4.69, 9.17) is 0 Å². The molecule has 35 heavy (non-hydrogen) atoms. The van der Waals surface area contributed by atoms with Gasteiger partial charge in [0.25, 0.3) is 0 Å². The molecule has 196 valence electrons. The van der Waals surface area contributed by atoms with Crippen LogP contribution in [0.25, 0.3) is 0 Å². The standard InChI is InChI=1S/C27H45N5O3/c1-7-9-10-21(8-2)16-30-17-23-31(25(19(3)4)26(30)34)24(33)18-29(6)32(23)27(35)28-15-22-13-11-20(5)12-14-22/h11,13-14,19-21,23,25H,7-10,12,15-18H2,1-6H3,(H,28,35)/t20?,21?,23-,25-/m0/s1. The number of unbranched alkanes of at least 4 members (excludes halogenated alkanes) is 1. The Morgan fingerprint density at radius 1 is 1.23 bits per heavy atom. The Kier molecular flexibility index (Phi) is 9.39. The molecule has 8 heteroatoms. The quantitative estimate of drug-likeness (QED) is 0.539. The van der Waals surface area contributed by atoms with Crippen molar-refractivity contribution in [1.82, 2.24) is 25.1 Å². The number of fused-ring (bicyclic) bond motifs is 1. The van der Waals surface area contributed by atoms with Gasteiger partial charge in [0.15, 0.2) is 0 Å². The highest BCUT2D eigenvalue weighted by Crippen LogP contribution is 2.30. The van der Waals surface area contributed by atoms with E-state index < -0.39 is 12.2 Å². The number of nitrogens with one attached hydrogen (secondary N) is 1. The maximum Gasteiger partial charge on any atom is 0.334 e. The number of rotatable bonds is 9. The first-order valence-corrected chi connectivity index (χ1v) is 13.4. The van der Waals surface area contributed by atoms with Crippen molar-refractivity contribution in [2.24, 2.45) is 17.8 Å². The van der Waals surface area contributed by atoms with E-state index in [0.717, 1.165) is 37.7 Å². The maximum absolute atomic E-state index is 13.6. The fourth-order valence-electron chi connectivity index (χ4n) is 5.42. The predicted octanol–water partition coefficient (Wildman–Crippen LogP) is 3.62. The van der Waals surface area contributed by atoms with Crippen LogP contribution in [-0.2, 0) is 9.59 Å². The van der Waals surface area contributed by atoms with Crippen molar-refractivity contribution in [2.75, 3.05) is 33.2 Å². The van der Waals surface area contributed by atoms with Gasteiger partial charge >= 0.3 is 6.03 Å². The fraction of sp³-hybridized carbons (Fsp3) is 0.741. The van der Waals surface area contributed by atoms with Gasteiger partial charge in [-0.05, 0) is 36.2 Å². The summed E-state index contributed by atoms with van der Waals surface area (Å²) < 4.78 is 0. The second-order valence-electron chi connectivity index (χ2n) is 10.8. The van der Waals surface area contributed by atoms with Crippen molar-refractivity contribution in [3.63, 3.8) is 0 Å². The number of allylic oxidation sites excluding steroid dienone is 2. The molecule has 0 spiro atoms. The number of urea groups is 1. The van der Waals surface area contributed by atoms with Crippen molar-refractivity contribution >= 4 is 17.8 Å². The molecule has 0 saturated carbocycles. The van der Waals surface area contributed by atoms with Crippen molar-refractivity contribution < 1.29 is 14.4 Å². The summed E-state index contributed by atoms with van der Waals surface area (Å²) in [5.74, 6) is 0.810. The highest BCUT2D eigenvalue weighted by Gasteiger charge is 2.51. The molecule has 2 unspecified atom stereocenters. The third-order valence-corrected chi connectivity index (χ3v) is 7.57. The van der Waals surface area contributed by atoms with Gasteiger partial charge in [-0.15, -0.1) is 0 Å². The average Bonchev–Trinajstić information content (AvgIpc) is 2.81. The summed E-state index contributed by atoms with van der Waals surface area (Å²) in [5, 5.41) is 6.40. The molecule has 1 N–H and O–H groups in total. The second-order valence-corrected chi connectivity index (χ2v) is 10.8. The monoisotopic (exact) mass is 487 g/mol. The van der Waals surface area contributed by atoms with Crippen LogP contribution in [0, 0.1) is 17.8 Å². The largest absolute Gasteiger partial charge is 0.337 e. The lowest BCUT2D eigenvalue weighted by molar-refractivity contribution is -0.190. The minimum absolute atomic E-state index is 0.0103. The van der Waals surface area contributed by atoms with Gasteiger partial charge in [-0.25, -0.2) is 14.8 Å². The molecule has 4 atom stereocenters. The normalized spacial score (nSPS) is 26.2. The number of carbonyl (C=O) groups excluding carboxylic acids is 3. The van der Waals surface area contributed by atoms with Crippen molar-refractivity contribution in [1.29, 1.82) is 0 Å². The number of hydrogen-bond acceptors (Lipinski definition) is 4. The van der Waals surface area contributed by atoms with Gasteiger partial charge in [-0.1, -0.05) is 72.1 Å². The lowest BCUT2D eigenvalue weighted by Gasteiger charge is -2.55. The van der Waals surface area contributed by atoms with Crippen LogP contribution in [0.15, 0.2) is 23.8 Å². The zero-order chi connectivity index (χ0) is 25.7. The van der Waals surface area contributed by atoms with E-state index in [1.165, 1.54) is 0 Å². The highest BCUT2D eigenvalue weighted by molar-refractivity contribution is 5.91. The first-order valence-electron chi connectivity index (χ1n) is 13.4. The predicted molar refractivity (Wildman–Crippen MR) is 138 cm³/mol. The Hall–Kier alpha value is -2.35. The van der Waals surface area contributed by atoms with E-state index in [1.807, 2.05) is 18.7 Å². The number of hydrazine groups is 1. The SMILES string of the molecule is CCCCC(CC)CN1C[C@H]2N(C(=O)CN(C)N2C(=O)NCC2=CCC(C)C=C2)[C@@H](C(C)C)C1=O. The van der Waals surface area contributed by atoms with Crippen LogP contribution in [0.2, 0.25) is 0 Å². The summed E-state index contributed by atoms with van der Waals surface area (Å²) in [7, 11) is 1.78. The maximum atomic E-state index is 13.6. The summed E-state index contributed by atoms with van der Waals surface area (Å²) in [5.41, 5.74) is 1.09. The van der Waals surface area contributed by atoms with Crippen LogP contribution < -0.4 is 5.32 Å². The Morgan fingerprint density at radius 3 is 2.57 bits per heavy atom. The lowest BCUT2D eigenvalue weighted by atomic mass is 9.93. The van der Waals surface area contributed by atoms with Gasteiger partial charge in [0, 0.05) is 20.1 Å². The van der Waals surface area contributed by atoms with E-state index in [9.17, 15) is 14.4 Å². The molecular weight excluding hydrogens is 442 g/mol. The number of hydrogen-bond donors (Lipinski definition) is 1. The number of nitrogens with zero attached hydrogens (tertiary/aromatic N) is 4. The topological polar surface area (TPSA) is 76.2 Å². The molecule has 2 saturated heterocycles. The van der Waals surface area contributed by atoms with Crippen molar-refractivity contribution in [3.8, 4) is 0 Å². The van der Waals surface area contributed by atoms with Crippen LogP contribution in [-0.4, -0.2) is 83.1 Å². The Balaban J connectivity index is 1.82.